The average Bonchev–Trinajstić information content (AvgIpc) is 3.10. The fourth-order valence-electron chi connectivity index (χ4n) is 1.73. The fourth-order valence-corrected chi connectivity index (χ4v) is 1.73. The summed E-state index contributed by atoms with van der Waals surface area (Å²) in [4.78, 5) is 14.2. The minimum atomic E-state index is -0.406. The van der Waals surface area contributed by atoms with Gasteiger partial charge in [-0.15, -0.1) is 0 Å². The summed E-state index contributed by atoms with van der Waals surface area (Å²) in [7, 11) is 0. The van der Waals surface area contributed by atoms with Crippen LogP contribution in [-0.2, 0) is 0 Å². The molecule has 16 heavy (non-hydrogen) atoms. The fraction of sp³-hybridized carbons (Fsp3) is 0.545. The molecule has 1 aliphatic rings. The van der Waals surface area contributed by atoms with Crippen molar-refractivity contribution in [2.24, 2.45) is 11.8 Å². The first-order valence-electron chi connectivity index (χ1n) is 5.51. The molecule has 1 aromatic heterocycles. The Bertz CT molecular complexity index is 391. The lowest BCUT2D eigenvalue weighted by atomic mass is 10.1. The number of hydrogen-bond donors (Lipinski definition) is 1. The van der Waals surface area contributed by atoms with Crippen molar-refractivity contribution < 1.29 is 4.92 Å². The third-order valence-electron chi connectivity index (χ3n) is 2.99. The average molecular weight is 221 g/mol. The van der Waals surface area contributed by atoms with Gasteiger partial charge in [-0.3, -0.25) is 10.1 Å². The van der Waals surface area contributed by atoms with E-state index < -0.39 is 4.92 Å². The van der Waals surface area contributed by atoms with Crippen molar-refractivity contribution in [2.75, 3.05) is 11.9 Å². The molecule has 1 atom stereocenters. The highest BCUT2D eigenvalue weighted by Crippen LogP contribution is 2.36. The molecule has 0 radical (unpaired) electrons. The van der Waals surface area contributed by atoms with Gasteiger partial charge in [0.1, 0.15) is 5.82 Å². The van der Waals surface area contributed by atoms with Gasteiger partial charge in [0.2, 0.25) is 0 Å². The van der Waals surface area contributed by atoms with Crippen LogP contribution in [0.5, 0.6) is 0 Å². The molecular formula is C11H15N3O2. The predicted molar refractivity (Wildman–Crippen MR) is 61.3 cm³/mol. The normalized spacial score (nSPS) is 16.8. The lowest BCUT2D eigenvalue weighted by molar-refractivity contribution is -0.384. The Labute approximate surface area is 94.0 Å². The zero-order valence-corrected chi connectivity index (χ0v) is 9.22. The van der Waals surface area contributed by atoms with E-state index >= 15 is 0 Å². The van der Waals surface area contributed by atoms with Crippen LogP contribution in [0.3, 0.4) is 0 Å². The van der Waals surface area contributed by atoms with E-state index in [-0.39, 0.29) is 5.69 Å². The van der Waals surface area contributed by atoms with Crippen LogP contribution >= 0.6 is 0 Å². The van der Waals surface area contributed by atoms with Crippen LogP contribution in [0.1, 0.15) is 19.8 Å². The molecule has 5 heteroatoms. The summed E-state index contributed by atoms with van der Waals surface area (Å²) in [5.41, 5.74) is 0.0802. The van der Waals surface area contributed by atoms with Crippen molar-refractivity contribution in [3.63, 3.8) is 0 Å². The van der Waals surface area contributed by atoms with Crippen molar-refractivity contribution in [3.05, 3.63) is 28.4 Å². The van der Waals surface area contributed by atoms with Gasteiger partial charge in [0, 0.05) is 18.8 Å². The van der Waals surface area contributed by atoms with Gasteiger partial charge in [-0.1, -0.05) is 6.92 Å². The topological polar surface area (TPSA) is 68.1 Å². The largest absolute Gasteiger partial charge is 0.370 e. The van der Waals surface area contributed by atoms with Gasteiger partial charge in [0.05, 0.1) is 11.0 Å². The monoisotopic (exact) mass is 221 g/mol. The van der Waals surface area contributed by atoms with Gasteiger partial charge in [0.15, 0.2) is 0 Å². The molecule has 5 nitrogen and oxygen atoms in total. The molecule has 0 aromatic carbocycles. The Balaban J connectivity index is 1.92. The molecule has 1 N–H and O–H groups in total. The summed E-state index contributed by atoms with van der Waals surface area (Å²) in [5.74, 6) is 2.02. The summed E-state index contributed by atoms with van der Waals surface area (Å²) >= 11 is 0. The van der Waals surface area contributed by atoms with E-state index in [1.165, 1.54) is 31.2 Å². The van der Waals surface area contributed by atoms with Gasteiger partial charge in [-0.25, -0.2) is 4.98 Å². The summed E-state index contributed by atoms with van der Waals surface area (Å²) in [6.07, 6.45) is 4.08. The minimum Gasteiger partial charge on any atom is -0.370 e. The number of nitrogens with one attached hydrogen (secondary N) is 1. The Morgan fingerprint density at radius 2 is 2.44 bits per heavy atom. The summed E-state index contributed by atoms with van der Waals surface area (Å²) in [6.45, 7) is 3.03. The van der Waals surface area contributed by atoms with Gasteiger partial charge in [-0.05, 0) is 24.7 Å². The molecule has 1 saturated carbocycles. The summed E-state index contributed by atoms with van der Waals surface area (Å²) < 4.78 is 0. The van der Waals surface area contributed by atoms with Crippen molar-refractivity contribution in [2.45, 2.75) is 19.8 Å². The van der Waals surface area contributed by atoms with Crippen LogP contribution < -0.4 is 5.32 Å². The smallest absolute Gasteiger partial charge is 0.274 e. The molecule has 0 saturated heterocycles. The van der Waals surface area contributed by atoms with Crippen molar-refractivity contribution >= 4 is 11.5 Å². The van der Waals surface area contributed by atoms with E-state index in [4.69, 9.17) is 0 Å². The first-order valence-corrected chi connectivity index (χ1v) is 5.51. The number of aromatic nitrogens is 1. The van der Waals surface area contributed by atoms with Crippen molar-refractivity contribution in [3.8, 4) is 0 Å². The maximum Gasteiger partial charge on any atom is 0.274 e. The molecule has 1 fully saturated rings. The Morgan fingerprint density at radius 1 is 1.69 bits per heavy atom. The first-order chi connectivity index (χ1) is 7.66. The maximum absolute atomic E-state index is 10.6. The third-order valence-corrected chi connectivity index (χ3v) is 2.99. The van der Waals surface area contributed by atoms with Gasteiger partial charge < -0.3 is 5.32 Å². The molecule has 1 aliphatic carbocycles. The number of pyridine rings is 1. The molecule has 1 heterocycles. The lowest BCUT2D eigenvalue weighted by Crippen LogP contribution is -2.13. The Hall–Kier alpha value is -1.65. The molecule has 0 bridgehead atoms. The van der Waals surface area contributed by atoms with Gasteiger partial charge >= 0.3 is 0 Å². The Kier molecular flexibility index (Phi) is 3.03. The van der Waals surface area contributed by atoms with Crippen molar-refractivity contribution in [1.82, 2.24) is 4.98 Å². The third kappa shape index (κ3) is 2.68. The molecule has 1 aromatic rings. The molecule has 1 unspecified atom stereocenters. The van der Waals surface area contributed by atoms with Crippen LogP contribution in [0.2, 0.25) is 0 Å². The highest BCUT2D eigenvalue weighted by atomic mass is 16.6. The van der Waals surface area contributed by atoms with Crippen LogP contribution in [0, 0.1) is 22.0 Å². The van der Waals surface area contributed by atoms with E-state index in [0.717, 1.165) is 12.5 Å². The van der Waals surface area contributed by atoms with E-state index in [9.17, 15) is 10.1 Å². The number of nitrogens with zero attached hydrogens (tertiary/aromatic N) is 2. The highest BCUT2D eigenvalue weighted by Gasteiger charge is 2.27. The number of rotatable bonds is 5. The first kappa shape index (κ1) is 10.9. The molecule has 0 aliphatic heterocycles. The van der Waals surface area contributed by atoms with Crippen LogP contribution in [0.25, 0.3) is 0 Å². The zero-order valence-electron chi connectivity index (χ0n) is 9.22. The number of anilines is 1. The summed E-state index contributed by atoms with van der Waals surface area (Å²) in [5, 5.41) is 13.7. The van der Waals surface area contributed by atoms with Gasteiger partial charge in [0.25, 0.3) is 5.69 Å². The highest BCUT2D eigenvalue weighted by molar-refractivity contribution is 5.44. The van der Waals surface area contributed by atoms with Crippen LogP contribution in [0.15, 0.2) is 18.3 Å². The maximum atomic E-state index is 10.6. The van der Waals surface area contributed by atoms with Crippen LogP contribution in [0.4, 0.5) is 11.5 Å². The van der Waals surface area contributed by atoms with E-state index in [2.05, 4.69) is 17.2 Å². The van der Waals surface area contributed by atoms with E-state index in [0.29, 0.717) is 11.7 Å². The quantitative estimate of drug-likeness (QED) is 0.612. The molecule has 2 rings (SSSR count). The second-order valence-corrected chi connectivity index (χ2v) is 4.35. The molecular weight excluding hydrogens is 206 g/mol. The molecule has 0 amide bonds. The zero-order chi connectivity index (χ0) is 11.5. The SMILES string of the molecule is CC(CNc1cc([N+](=O)[O-])ccn1)C1CC1. The van der Waals surface area contributed by atoms with E-state index in [1.807, 2.05) is 0 Å². The molecule has 0 spiro atoms. The van der Waals surface area contributed by atoms with E-state index in [1.54, 1.807) is 0 Å². The molecule has 86 valence electrons. The number of nitro groups is 1. The predicted octanol–water partition coefficient (Wildman–Crippen LogP) is 2.45. The van der Waals surface area contributed by atoms with Crippen molar-refractivity contribution in [1.29, 1.82) is 0 Å². The lowest BCUT2D eigenvalue weighted by Gasteiger charge is -2.11. The van der Waals surface area contributed by atoms with Gasteiger partial charge in [-0.2, -0.15) is 0 Å². The second-order valence-electron chi connectivity index (χ2n) is 4.35. The minimum absolute atomic E-state index is 0.0802. The van der Waals surface area contributed by atoms with Crippen LogP contribution in [-0.4, -0.2) is 16.5 Å². The standard InChI is InChI=1S/C11H15N3O2/c1-8(9-2-3-9)7-13-11-6-10(14(15)16)4-5-12-11/h4-6,8-9H,2-3,7H2,1H3,(H,12,13). The number of hydrogen-bond acceptors (Lipinski definition) is 4. The second kappa shape index (κ2) is 4.47. The Morgan fingerprint density at radius 3 is 3.06 bits per heavy atom. The summed E-state index contributed by atoms with van der Waals surface area (Å²) in [6, 6.07) is 2.87.